The molecule has 1 aromatic heterocycles. The minimum atomic E-state index is -0.343. The van der Waals surface area contributed by atoms with Crippen molar-refractivity contribution in [1.29, 1.82) is 0 Å². The smallest absolute Gasteiger partial charge is 0.330 e. The van der Waals surface area contributed by atoms with Crippen molar-refractivity contribution in [2.45, 2.75) is 0 Å². The molecule has 0 saturated carbocycles. The van der Waals surface area contributed by atoms with Crippen LogP contribution in [0.25, 0.3) is 17.0 Å². The SMILES string of the molecule is O=C(/C=C\c1ccc2ccccc2n1)OCCN1CCN(c2ccc(Cl)cc2)CC1. The Balaban J connectivity index is 1.19. The number of carbonyl (C=O) groups is 1. The molecule has 1 aliphatic heterocycles. The average molecular weight is 422 g/mol. The minimum Gasteiger partial charge on any atom is -0.461 e. The number of halogens is 1. The number of rotatable bonds is 6. The van der Waals surface area contributed by atoms with Gasteiger partial charge in [-0.2, -0.15) is 0 Å². The zero-order valence-electron chi connectivity index (χ0n) is 16.7. The minimum absolute atomic E-state index is 0.343. The van der Waals surface area contributed by atoms with Crippen LogP contribution in [0.1, 0.15) is 5.69 Å². The predicted molar refractivity (Wildman–Crippen MR) is 122 cm³/mol. The molecule has 0 N–H and O–H groups in total. The summed E-state index contributed by atoms with van der Waals surface area (Å²) in [5.74, 6) is -0.343. The van der Waals surface area contributed by atoms with E-state index in [-0.39, 0.29) is 5.97 Å². The maximum atomic E-state index is 12.0. The number of fused-ring (bicyclic) bond motifs is 1. The van der Waals surface area contributed by atoms with Crippen LogP contribution in [-0.4, -0.2) is 55.2 Å². The molecular weight excluding hydrogens is 398 g/mol. The third kappa shape index (κ3) is 5.38. The summed E-state index contributed by atoms with van der Waals surface area (Å²) in [6.07, 6.45) is 3.13. The second-order valence-electron chi connectivity index (χ2n) is 7.23. The van der Waals surface area contributed by atoms with Gasteiger partial charge in [0.05, 0.1) is 11.2 Å². The lowest BCUT2D eigenvalue weighted by Crippen LogP contribution is -2.47. The first kappa shape index (κ1) is 20.4. The van der Waals surface area contributed by atoms with E-state index in [1.54, 1.807) is 6.08 Å². The van der Waals surface area contributed by atoms with Crippen molar-refractivity contribution < 1.29 is 9.53 Å². The average Bonchev–Trinajstić information content (AvgIpc) is 2.78. The third-order valence-electron chi connectivity index (χ3n) is 5.23. The number of benzene rings is 2. The third-order valence-corrected chi connectivity index (χ3v) is 5.48. The van der Waals surface area contributed by atoms with E-state index in [1.165, 1.54) is 11.8 Å². The zero-order chi connectivity index (χ0) is 20.8. The van der Waals surface area contributed by atoms with Crippen LogP contribution in [0.3, 0.4) is 0 Å². The van der Waals surface area contributed by atoms with Gasteiger partial charge >= 0.3 is 5.97 Å². The lowest BCUT2D eigenvalue weighted by atomic mass is 10.2. The summed E-state index contributed by atoms with van der Waals surface area (Å²) in [5.41, 5.74) is 2.84. The summed E-state index contributed by atoms with van der Waals surface area (Å²) in [7, 11) is 0. The molecule has 0 spiro atoms. The van der Waals surface area contributed by atoms with E-state index in [9.17, 15) is 4.79 Å². The van der Waals surface area contributed by atoms with Crippen molar-refractivity contribution in [2.75, 3.05) is 44.2 Å². The van der Waals surface area contributed by atoms with Gasteiger partial charge in [0.1, 0.15) is 6.61 Å². The molecule has 0 unspecified atom stereocenters. The zero-order valence-corrected chi connectivity index (χ0v) is 17.5. The number of hydrogen-bond acceptors (Lipinski definition) is 5. The first-order valence-electron chi connectivity index (χ1n) is 10.1. The molecule has 6 heteroatoms. The second-order valence-corrected chi connectivity index (χ2v) is 7.67. The Morgan fingerprint density at radius 2 is 1.77 bits per heavy atom. The molecule has 4 rings (SSSR count). The van der Waals surface area contributed by atoms with E-state index in [1.807, 2.05) is 48.5 Å². The van der Waals surface area contributed by atoms with Crippen LogP contribution >= 0.6 is 11.6 Å². The Morgan fingerprint density at radius 1 is 1.00 bits per heavy atom. The largest absolute Gasteiger partial charge is 0.461 e. The van der Waals surface area contributed by atoms with Crippen LogP contribution in [0.15, 0.2) is 66.7 Å². The number of ether oxygens (including phenoxy) is 1. The molecule has 1 fully saturated rings. The van der Waals surface area contributed by atoms with Gasteiger partial charge in [-0.1, -0.05) is 35.9 Å². The molecule has 0 bridgehead atoms. The fourth-order valence-electron chi connectivity index (χ4n) is 3.53. The summed E-state index contributed by atoms with van der Waals surface area (Å²) < 4.78 is 5.36. The van der Waals surface area contributed by atoms with Gasteiger partial charge < -0.3 is 9.64 Å². The maximum absolute atomic E-state index is 12.0. The van der Waals surface area contributed by atoms with E-state index in [2.05, 4.69) is 26.9 Å². The number of hydrogen-bond donors (Lipinski definition) is 0. The maximum Gasteiger partial charge on any atom is 0.330 e. The van der Waals surface area contributed by atoms with Crippen LogP contribution < -0.4 is 4.90 Å². The lowest BCUT2D eigenvalue weighted by Gasteiger charge is -2.35. The number of esters is 1. The molecule has 3 aromatic rings. The van der Waals surface area contributed by atoms with E-state index in [0.717, 1.165) is 54.3 Å². The van der Waals surface area contributed by atoms with Crippen molar-refractivity contribution in [3.05, 3.63) is 77.5 Å². The molecule has 154 valence electrons. The predicted octanol–water partition coefficient (Wildman–Crippen LogP) is 4.27. The summed E-state index contributed by atoms with van der Waals surface area (Å²) in [6, 6.07) is 19.7. The molecule has 0 aliphatic carbocycles. The second kappa shape index (κ2) is 9.74. The van der Waals surface area contributed by atoms with Gasteiger partial charge in [-0.3, -0.25) is 4.90 Å². The van der Waals surface area contributed by atoms with Crippen molar-refractivity contribution in [3.8, 4) is 0 Å². The number of carbonyl (C=O) groups excluding carboxylic acids is 1. The molecule has 30 heavy (non-hydrogen) atoms. The van der Waals surface area contributed by atoms with Crippen LogP contribution in [0.5, 0.6) is 0 Å². The van der Waals surface area contributed by atoms with Gasteiger partial charge in [0.2, 0.25) is 0 Å². The topological polar surface area (TPSA) is 45.7 Å². The molecule has 1 saturated heterocycles. The van der Waals surface area contributed by atoms with Crippen molar-refractivity contribution in [2.24, 2.45) is 0 Å². The first-order valence-corrected chi connectivity index (χ1v) is 10.5. The van der Waals surface area contributed by atoms with Gasteiger partial charge in [-0.15, -0.1) is 0 Å². The highest BCUT2D eigenvalue weighted by Crippen LogP contribution is 2.19. The molecule has 0 atom stereocenters. The van der Waals surface area contributed by atoms with E-state index >= 15 is 0 Å². The Kier molecular flexibility index (Phi) is 6.62. The Bertz CT molecular complexity index is 1030. The monoisotopic (exact) mass is 421 g/mol. The Labute approximate surface area is 181 Å². The fourth-order valence-corrected chi connectivity index (χ4v) is 3.66. The number of para-hydroxylation sites is 1. The highest BCUT2D eigenvalue weighted by Gasteiger charge is 2.17. The highest BCUT2D eigenvalue weighted by molar-refractivity contribution is 6.30. The number of piperazine rings is 1. The molecule has 1 aliphatic rings. The standard InChI is InChI=1S/C24H24ClN3O2/c25-20-6-10-22(11-7-20)28-15-13-27(14-16-28)17-18-30-24(29)12-9-21-8-5-19-3-1-2-4-23(19)26-21/h1-12H,13-18H2/b12-9-. The summed E-state index contributed by atoms with van der Waals surface area (Å²) in [5, 5.41) is 1.83. The first-order chi connectivity index (χ1) is 14.7. The molecule has 0 amide bonds. The van der Waals surface area contributed by atoms with E-state index in [4.69, 9.17) is 16.3 Å². The van der Waals surface area contributed by atoms with Crippen LogP contribution in [0.4, 0.5) is 5.69 Å². The summed E-state index contributed by atoms with van der Waals surface area (Å²) in [4.78, 5) is 21.2. The summed E-state index contributed by atoms with van der Waals surface area (Å²) in [6.45, 7) is 4.90. The molecular formula is C24H24ClN3O2. The number of aromatic nitrogens is 1. The van der Waals surface area contributed by atoms with Gasteiger partial charge in [0, 0.05) is 54.9 Å². The van der Waals surface area contributed by atoms with Gasteiger partial charge in [0.25, 0.3) is 0 Å². The van der Waals surface area contributed by atoms with Gasteiger partial charge in [-0.25, -0.2) is 9.78 Å². The van der Waals surface area contributed by atoms with Crippen LogP contribution in [-0.2, 0) is 9.53 Å². The number of nitrogens with zero attached hydrogens (tertiary/aromatic N) is 3. The van der Waals surface area contributed by atoms with Crippen molar-refractivity contribution in [1.82, 2.24) is 9.88 Å². The number of anilines is 1. The van der Waals surface area contributed by atoms with Gasteiger partial charge in [-0.05, 0) is 42.5 Å². The highest BCUT2D eigenvalue weighted by atomic mass is 35.5. The van der Waals surface area contributed by atoms with E-state index in [0.29, 0.717) is 6.61 Å². The summed E-state index contributed by atoms with van der Waals surface area (Å²) >= 11 is 5.96. The number of pyridine rings is 1. The Hall–Kier alpha value is -2.89. The van der Waals surface area contributed by atoms with Gasteiger partial charge in [0.15, 0.2) is 0 Å². The quantitative estimate of drug-likeness (QED) is 0.439. The van der Waals surface area contributed by atoms with Crippen molar-refractivity contribution in [3.63, 3.8) is 0 Å². The molecule has 0 radical (unpaired) electrons. The lowest BCUT2D eigenvalue weighted by molar-refractivity contribution is -0.138. The van der Waals surface area contributed by atoms with E-state index < -0.39 is 0 Å². The molecule has 2 aromatic carbocycles. The molecule has 2 heterocycles. The van der Waals surface area contributed by atoms with Crippen LogP contribution in [0, 0.1) is 0 Å². The van der Waals surface area contributed by atoms with Crippen molar-refractivity contribution >= 4 is 40.2 Å². The molecule has 5 nitrogen and oxygen atoms in total. The normalized spacial score (nSPS) is 15.0. The Morgan fingerprint density at radius 3 is 2.57 bits per heavy atom. The van der Waals surface area contributed by atoms with Crippen LogP contribution in [0.2, 0.25) is 5.02 Å². The fraction of sp³-hybridized carbons (Fsp3) is 0.250.